The van der Waals surface area contributed by atoms with Gasteiger partial charge < -0.3 is 5.32 Å². The zero-order valence-corrected chi connectivity index (χ0v) is 9.28. The van der Waals surface area contributed by atoms with Crippen LogP contribution in [-0.2, 0) is 6.42 Å². The van der Waals surface area contributed by atoms with Gasteiger partial charge in [-0.3, -0.25) is 0 Å². The highest BCUT2D eigenvalue weighted by atomic mass is 35.5. The molecule has 0 heterocycles. The predicted molar refractivity (Wildman–Crippen MR) is 58.7 cm³/mol. The fourth-order valence-corrected chi connectivity index (χ4v) is 1.44. The van der Waals surface area contributed by atoms with Crippen molar-refractivity contribution in [3.63, 3.8) is 0 Å². The van der Waals surface area contributed by atoms with Gasteiger partial charge in [0.15, 0.2) is 0 Å². The smallest absolute Gasteiger partial charge is 0.0595 e. The minimum Gasteiger partial charge on any atom is -0.317 e. The Balaban J connectivity index is 2.73. The Morgan fingerprint density at radius 3 is 2.54 bits per heavy atom. The lowest BCUT2D eigenvalue weighted by Gasteiger charge is -2.10. The van der Waals surface area contributed by atoms with Crippen molar-refractivity contribution >= 4 is 23.2 Å². The zero-order valence-electron chi connectivity index (χ0n) is 7.77. The molecule has 0 aliphatic rings. The maximum absolute atomic E-state index is 5.89. The highest BCUT2D eigenvalue weighted by Gasteiger charge is 2.03. The normalized spacial score (nSPS) is 12.9. The van der Waals surface area contributed by atoms with Crippen molar-refractivity contribution in [2.24, 2.45) is 0 Å². The molecular formula is C10H13Cl2N. The lowest BCUT2D eigenvalue weighted by Crippen LogP contribution is -2.23. The van der Waals surface area contributed by atoms with Gasteiger partial charge in [0, 0.05) is 6.04 Å². The molecule has 0 aliphatic heterocycles. The molecule has 1 atom stereocenters. The average molecular weight is 218 g/mol. The van der Waals surface area contributed by atoms with Gasteiger partial charge >= 0.3 is 0 Å². The monoisotopic (exact) mass is 217 g/mol. The SMILES string of the molecule is CN[C@H](C)Cc1ccc(Cl)c(Cl)c1. The number of nitrogens with one attached hydrogen (secondary N) is 1. The summed E-state index contributed by atoms with van der Waals surface area (Å²) in [6.07, 6.45) is 0.966. The third kappa shape index (κ3) is 3.18. The number of hydrogen-bond acceptors (Lipinski definition) is 1. The fourth-order valence-electron chi connectivity index (χ4n) is 1.12. The predicted octanol–water partition coefficient (Wildman–Crippen LogP) is 3.14. The van der Waals surface area contributed by atoms with Crippen LogP contribution in [0.5, 0.6) is 0 Å². The van der Waals surface area contributed by atoms with Crippen LogP contribution in [0.25, 0.3) is 0 Å². The van der Waals surface area contributed by atoms with Crippen LogP contribution in [0, 0.1) is 0 Å². The van der Waals surface area contributed by atoms with Gasteiger partial charge in [-0.25, -0.2) is 0 Å². The van der Waals surface area contributed by atoms with E-state index in [-0.39, 0.29) is 0 Å². The summed E-state index contributed by atoms with van der Waals surface area (Å²) >= 11 is 11.7. The van der Waals surface area contributed by atoms with E-state index in [1.807, 2.05) is 25.2 Å². The molecule has 1 aromatic carbocycles. The first-order valence-electron chi connectivity index (χ1n) is 4.24. The lowest BCUT2D eigenvalue weighted by molar-refractivity contribution is 0.608. The van der Waals surface area contributed by atoms with Crippen LogP contribution in [0.15, 0.2) is 18.2 Å². The molecule has 0 aromatic heterocycles. The Morgan fingerprint density at radius 1 is 1.31 bits per heavy atom. The van der Waals surface area contributed by atoms with Gasteiger partial charge in [0.25, 0.3) is 0 Å². The third-order valence-electron chi connectivity index (χ3n) is 2.02. The van der Waals surface area contributed by atoms with Crippen molar-refractivity contribution in [2.45, 2.75) is 19.4 Å². The van der Waals surface area contributed by atoms with Gasteiger partial charge in [-0.2, -0.15) is 0 Å². The number of halogens is 2. The molecule has 0 spiro atoms. The second-order valence-corrected chi connectivity index (χ2v) is 3.96. The lowest BCUT2D eigenvalue weighted by atomic mass is 10.1. The zero-order chi connectivity index (χ0) is 9.84. The summed E-state index contributed by atoms with van der Waals surface area (Å²) in [5.41, 5.74) is 1.20. The first-order chi connectivity index (χ1) is 6.13. The summed E-state index contributed by atoms with van der Waals surface area (Å²) in [7, 11) is 1.95. The van der Waals surface area contributed by atoms with E-state index in [2.05, 4.69) is 12.2 Å². The van der Waals surface area contributed by atoms with E-state index in [0.717, 1.165) is 6.42 Å². The highest BCUT2D eigenvalue weighted by molar-refractivity contribution is 6.42. The molecule has 0 fully saturated rings. The number of rotatable bonds is 3. The average Bonchev–Trinajstić information content (AvgIpc) is 2.11. The first-order valence-corrected chi connectivity index (χ1v) is 5.00. The molecule has 0 amide bonds. The van der Waals surface area contributed by atoms with Gasteiger partial charge in [0.2, 0.25) is 0 Å². The van der Waals surface area contributed by atoms with E-state index in [1.165, 1.54) is 5.56 Å². The third-order valence-corrected chi connectivity index (χ3v) is 2.76. The van der Waals surface area contributed by atoms with E-state index in [1.54, 1.807) is 0 Å². The Labute approximate surface area is 89.0 Å². The number of benzene rings is 1. The van der Waals surface area contributed by atoms with Crippen LogP contribution in [0.2, 0.25) is 10.0 Å². The van der Waals surface area contributed by atoms with E-state index in [4.69, 9.17) is 23.2 Å². The molecule has 1 nitrogen and oxygen atoms in total. The molecule has 1 N–H and O–H groups in total. The number of hydrogen-bond donors (Lipinski definition) is 1. The van der Waals surface area contributed by atoms with Gasteiger partial charge in [-0.15, -0.1) is 0 Å². The van der Waals surface area contributed by atoms with E-state index in [9.17, 15) is 0 Å². The summed E-state index contributed by atoms with van der Waals surface area (Å²) < 4.78 is 0. The molecule has 1 rings (SSSR count). The summed E-state index contributed by atoms with van der Waals surface area (Å²) in [4.78, 5) is 0. The van der Waals surface area contributed by atoms with Crippen molar-refractivity contribution in [1.82, 2.24) is 5.32 Å². The molecule has 3 heteroatoms. The summed E-state index contributed by atoms with van der Waals surface area (Å²) in [6.45, 7) is 2.13. The molecule has 13 heavy (non-hydrogen) atoms. The second-order valence-electron chi connectivity index (χ2n) is 3.14. The van der Waals surface area contributed by atoms with Gasteiger partial charge in [0.05, 0.1) is 10.0 Å². The molecule has 0 aliphatic carbocycles. The molecule has 72 valence electrons. The van der Waals surface area contributed by atoms with E-state index < -0.39 is 0 Å². The molecule has 0 saturated carbocycles. The Bertz CT molecular complexity index is 286. The Morgan fingerprint density at radius 2 is 2.00 bits per heavy atom. The van der Waals surface area contributed by atoms with E-state index >= 15 is 0 Å². The van der Waals surface area contributed by atoms with Gasteiger partial charge in [-0.05, 0) is 38.1 Å². The molecular weight excluding hydrogens is 205 g/mol. The molecule has 0 saturated heterocycles. The van der Waals surface area contributed by atoms with Crippen LogP contribution in [0.1, 0.15) is 12.5 Å². The molecule has 0 unspecified atom stereocenters. The maximum Gasteiger partial charge on any atom is 0.0595 e. The van der Waals surface area contributed by atoms with Crippen LogP contribution < -0.4 is 5.32 Å². The van der Waals surface area contributed by atoms with E-state index in [0.29, 0.717) is 16.1 Å². The summed E-state index contributed by atoms with van der Waals surface area (Å²) in [5.74, 6) is 0. The highest BCUT2D eigenvalue weighted by Crippen LogP contribution is 2.22. The minimum absolute atomic E-state index is 0.456. The fraction of sp³-hybridized carbons (Fsp3) is 0.400. The molecule has 1 aromatic rings. The Hall–Kier alpha value is -0.240. The van der Waals surface area contributed by atoms with Crippen LogP contribution in [0.4, 0.5) is 0 Å². The molecule has 0 bridgehead atoms. The second kappa shape index (κ2) is 4.85. The van der Waals surface area contributed by atoms with Crippen molar-refractivity contribution in [3.05, 3.63) is 33.8 Å². The quantitative estimate of drug-likeness (QED) is 0.821. The van der Waals surface area contributed by atoms with Crippen LogP contribution in [0.3, 0.4) is 0 Å². The molecule has 0 radical (unpaired) electrons. The van der Waals surface area contributed by atoms with Gasteiger partial charge in [0.1, 0.15) is 0 Å². The van der Waals surface area contributed by atoms with Crippen molar-refractivity contribution in [3.8, 4) is 0 Å². The van der Waals surface area contributed by atoms with Crippen LogP contribution in [-0.4, -0.2) is 13.1 Å². The summed E-state index contributed by atoms with van der Waals surface area (Å²) in [5, 5.41) is 4.41. The Kier molecular flexibility index (Phi) is 4.04. The number of likely N-dealkylation sites (N-methyl/N-ethyl adjacent to an activating group) is 1. The largest absolute Gasteiger partial charge is 0.317 e. The minimum atomic E-state index is 0.456. The van der Waals surface area contributed by atoms with Crippen molar-refractivity contribution < 1.29 is 0 Å². The summed E-state index contributed by atoms with van der Waals surface area (Å²) in [6, 6.07) is 6.21. The van der Waals surface area contributed by atoms with Crippen molar-refractivity contribution in [1.29, 1.82) is 0 Å². The standard InChI is InChI=1S/C10H13Cl2N/c1-7(13-2)5-8-3-4-9(11)10(12)6-8/h3-4,6-7,13H,5H2,1-2H3/t7-/m1/s1. The maximum atomic E-state index is 5.89. The van der Waals surface area contributed by atoms with Gasteiger partial charge in [-0.1, -0.05) is 29.3 Å². The van der Waals surface area contributed by atoms with Crippen LogP contribution >= 0.6 is 23.2 Å². The van der Waals surface area contributed by atoms with Crippen molar-refractivity contribution in [2.75, 3.05) is 7.05 Å². The first kappa shape index (κ1) is 10.8. The topological polar surface area (TPSA) is 12.0 Å².